The summed E-state index contributed by atoms with van der Waals surface area (Å²) < 4.78 is 1.77. The van der Waals surface area contributed by atoms with Gasteiger partial charge in [0, 0.05) is 24.7 Å². The third-order valence-corrected chi connectivity index (χ3v) is 5.61. The third-order valence-electron chi connectivity index (χ3n) is 4.42. The molecule has 1 aromatic carbocycles. The highest BCUT2D eigenvalue weighted by molar-refractivity contribution is 7.20. The van der Waals surface area contributed by atoms with Crippen molar-refractivity contribution in [2.45, 2.75) is 12.8 Å². The Bertz CT molecular complexity index is 954. The van der Waals surface area contributed by atoms with Crippen LogP contribution < -0.4 is 4.90 Å². The van der Waals surface area contributed by atoms with E-state index >= 15 is 0 Å². The topological polar surface area (TPSA) is 75.4 Å². The maximum absolute atomic E-state index is 13.0. The van der Waals surface area contributed by atoms with Crippen LogP contribution in [0.15, 0.2) is 30.3 Å². The van der Waals surface area contributed by atoms with E-state index in [4.69, 9.17) is 0 Å². The van der Waals surface area contributed by atoms with Crippen LogP contribution in [0, 0.1) is 6.92 Å². The van der Waals surface area contributed by atoms with Gasteiger partial charge < -0.3 is 10.0 Å². The number of carbonyl (C=O) groups is 2. The minimum Gasteiger partial charge on any atom is -0.481 e. The average molecular weight is 341 g/mol. The molecule has 0 saturated carbocycles. The molecule has 0 fully saturated rings. The standard InChI is InChI=1S/C17H15N3O3S/c1-9-11-7-14(24-16(11)19(2)18-9)15(21)20-8-12(17(22)23)10-5-3-4-6-13(10)20/h3-7,12H,8H2,1-2H3,(H,22,23)/t12-/m0/s1. The average Bonchev–Trinajstić information content (AvgIpc) is 3.22. The lowest BCUT2D eigenvalue weighted by Crippen LogP contribution is -2.30. The van der Waals surface area contributed by atoms with E-state index in [0.717, 1.165) is 15.9 Å². The van der Waals surface area contributed by atoms with E-state index in [1.54, 1.807) is 27.8 Å². The van der Waals surface area contributed by atoms with Crippen molar-refractivity contribution in [2.24, 2.45) is 7.05 Å². The first-order valence-electron chi connectivity index (χ1n) is 7.54. The number of hydrogen-bond acceptors (Lipinski definition) is 4. The first-order chi connectivity index (χ1) is 11.5. The SMILES string of the molecule is Cc1nn(C)c2sc(C(=O)N3C[C@H](C(=O)O)c4ccccc43)cc12. The van der Waals surface area contributed by atoms with Crippen LogP contribution >= 0.6 is 11.3 Å². The van der Waals surface area contributed by atoms with Gasteiger partial charge in [0.05, 0.1) is 10.6 Å². The Morgan fingerprint density at radius 2 is 2.08 bits per heavy atom. The van der Waals surface area contributed by atoms with Gasteiger partial charge in [-0.15, -0.1) is 11.3 Å². The lowest BCUT2D eigenvalue weighted by molar-refractivity contribution is -0.138. The molecular formula is C17H15N3O3S. The van der Waals surface area contributed by atoms with Gasteiger partial charge in [0.15, 0.2) is 0 Å². The largest absolute Gasteiger partial charge is 0.481 e. The second-order valence-electron chi connectivity index (χ2n) is 5.90. The van der Waals surface area contributed by atoms with Gasteiger partial charge in [0.2, 0.25) is 0 Å². The minimum absolute atomic E-state index is 0.160. The van der Waals surface area contributed by atoms with Crippen molar-refractivity contribution < 1.29 is 14.7 Å². The Morgan fingerprint density at radius 3 is 2.79 bits per heavy atom. The van der Waals surface area contributed by atoms with Crippen LogP contribution in [0.3, 0.4) is 0 Å². The molecule has 0 unspecified atom stereocenters. The van der Waals surface area contributed by atoms with E-state index in [1.165, 1.54) is 11.3 Å². The summed E-state index contributed by atoms with van der Waals surface area (Å²) >= 11 is 1.39. The summed E-state index contributed by atoms with van der Waals surface area (Å²) in [5.74, 6) is -1.75. The van der Waals surface area contributed by atoms with Gasteiger partial charge in [-0.05, 0) is 24.6 Å². The van der Waals surface area contributed by atoms with Crippen molar-refractivity contribution in [1.29, 1.82) is 0 Å². The predicted octanol–water partition coefficient (Wildman–Crippen LogP) is 2.77. The molecule has 1 atom stereocenters. The number of thiophene rings is 1. The molecule has 1 N–H and O–H groups in total. The summed E-state index contributed by atoms with van der Waals surface area (Å²) in [7, 11) is 1.85. The molecule has 2 aromatic heterocycles. The van der Waals surface area contributed by atoms with E-state index in [0.29, 0.717) is 16.1 Å². The number of carboxylic acids is 1. The summed E-state index contributed by atoms with van der Waals surface area (Å²) in [5.41, 5.74) is 2.26. The number of aliphatic carboxylic acids is 1. The first kappa shape index (κ1) is 14.9. The quantitative estimate of drug-likeness (QED) is 0.778. The molecule has 0 spiro atoms. The fourth-order valence-corrected chi connectivity index (χ4v) is 4.33. The highest BCUT2D eigenvalue weighted by Crippen LogP contribution is 2.38. The number of aryl methyl sites for hydroxylation is 2. The number of nitrogens with zero attached hydrogens (tertiary/aromatic N) is 3. The number of aromatic nitrogens is 2. The van der Waals surface area contributed by atoms with Gasteiger partial charge in [-0.2, -0.15) is 5.10 Å². The van der Waals surface area contributed by atoms with E-state index in [1.807, 2.05) is 26.1 Å². The lowest BCUT2D eigenvalue weighted by Gasteiger charge is -2.16. The zero-order valence-electron chi connectivity index (χ0n) is 13.2. The Hall–Kier alpha value is -2.67. The van der Waals surface area contributed by atoms with Gasteiger partial charge in [0.1, 0.15) is 10.7 Å². The molecule has 6 nitrogen and oxygen atoms in total. The lowest BCUT2D eigenvalue weighted by atomic mass is 10.0. The number of carbonyl (C=O) groups excluding carboxylic acids is 1. The second kappa shape index (κ2) is 5.17. The highest BCUT2D eigenvalue weighted by Gasteiger charge is 2.37. The molecule has 1 aliphatic rings. The van der Waals surface area contributed by atoms with Gasteiger partial charge in [-0.3, -0.25) is 14.3 Å². The smallest absolute Gasteiger partial charge is 0.312 e. The molecule has 122 valence electrons. The normalized spacial score (nSPS) is 16.6. The maximum Gasteiger partial charge on any atom is 0.312 e. The van der Waals surface area contributed by atoms with E-state index in [2.05, 4.69) is 5.10 Å². The fourth-order valence-electron chi connectivity index (χ4n) is 3.25. The molecule has 0 bridgehead atoms. The van der Waals surface area contributed by atoms with Crippen LogP contribution in [0.25, 0.3) is 10.2 Å². The molecule has 0 saturated heterocycles. The molecule has 0 radical (unpaired) electrons. The zero-order chi connectivity index (χ0) is 17.0. The third kappa shape index (κ3) is 2.05. The summed E-state index contributed by atoms with van der Waals surface area (Å²) in [6, 6.07) is 9.05. The molecule has 0 aliphatic carbocycles. The Morgan fingerprint density at radius 1 is 1.33 bits per heavy atom. The van der Waals surface area contributed by atoms with Gasteiger partial charge >= 0.3 is 5.97 Å². The van der Waals surface area contributed by atoms with Crippen LogP contribution in [0.1, 0.15) is 26.8 Å². The predicted molar refractivity (Wildman–Crippen MR) is 91.8 cm³/mol. The summed E-state index contributed by atoms with van der Waals surface area (Å²) in [4.78, 5) is 27.6. The number of benzene rings is 1. The molecule has 1 amide bonds. The van der Waals surface area contributed by atoms with Crippen LogP contribution in [0.4, 0.5) is 5.69 Å². The summed E-state index contributed by atoms with van der Waals surface area (Å²) in [5, 5.41) is 14.7. The Kier molecular flexibility index (Phi) is 3.21. The van der Waals surface area contributed by atoms with Crippen molar-refractivity contribution in [3.8, 4) is 0 Å². The van der Waals surface area contributed by atoms with Crippen molar-refractivity contribution >= 4 is 39.1 Å². The fraction of sp³-hybridized carbons (Fsp3) is 0.235. The minimum atomic E-state index is -0.908. The first-order valence-corrected chi connectivity index (χ1v) is 8.35. The van der Waals surface area contributed by atoms with Crippen LogP contribution in [0.5, 0.6) is 0 Å². The monoisotopic (exact) mass is 341 g/mol. The number of fused-ring (bicyclic) bond motifs is 2. The summed E-state index contributed by atoms with van der Waals surface area (Å²) in [6.07, 6.45) is 0. The van der Waals surface area contributed by atoms with Crippen molar-refractivity contribution in [2.75, 3.05) is 11.4 Å². The maximum atomic E-state index is 13.0. The van der Waals surface area contributed by atoms with E-state index in [9.17, 15) is 14.7 Å². The Labute approximate surface area is 141 Å². The Balaban J connectivity index is 1.76. The van der Waals surface area contributed by atoms with Gasteiger partial charge in [-0.25, -0.2) is 0 Å². The van der Waals surface area contributed by atoms with E-state index < -0.39 is 11.9 Å². The van der Waals surface area contributed by atoms with Gasteiger partial charge in [0.25, 0.3) is 5.91 Å². The highest BCUT2D eigenvalue weighted by atomic mass is 32.1. The number of rotatable bonds is 2. The molecule has 1 aliphatic heterocycles. The summed E-state index contributed by atoms with van der Waals surface area (Å²) in [6.45, 7) is 2.08. The molecule has 3 aromatic rings. The molecule has 7 heteroatoms. The number of hydrogen-bond donors (Lipinski definition) is 1. The number of amides is 1. The van der Waals surface area contributed by atoms with Crippen molar-refractivity contribution in [1.82, 2.24) is 9.78 Å². The van der Waals surface area contributed by atoms with Crippen molar-refractivity contribution in [3.63, 3.8) is 0 Å². The number of carboxylic acid groups (broad SMARTS) is 1. The van der Waals surface area contributed by atoms with Crippen LogP contribution in [-0.4, -0.2) is 33.3 Å². The zero-order valence-corrected chi connectivity index (χ0v) is 14.0. The number of para-hydroxylation sites is 1. The molecular weight excluding hydrogens is 326 g/mol. The number of anilines is 1. The van der Waals surface area contributed by atoms with Crippen LogP contribution in [0.2, 0.25) is 0 Å². The molecule has 3 heterocycles. The molecule has 24 heavy (non-hydrogen) atoms. The van der Waals surface area contributed by atoms with E-state index in [-0.39, 0.29) is 12.5 Å². The second-order valence-corrected chi connectivity index (χ2v) is 6.93. The molecule has 4 rings (SSSR count). The van der Waals surface area contributed by atoms with Crippen molar-refractivity contribution in [3.05, 3.63) is 46.5 Å². The van der Waals surface area contributed by atoms with Crippen LogP contribution in [-0.2, 0) is 11.8 Å². The van der Waals surface area contributed by atoms with Gasteiger partial charge in [-0.1, -0.05) is 18.2 Å².